The number of nitrogens with one attached hydrogen (secondary N) is 2. The van der Waals surface area contributed by atoms with E-state index in [0.29, 0.717) is 16.8 Å². The van der Waals surface area contributed by atoms with Crippen LogP contribution in [0.3, 0.4) is 0 Å². The van der Waals surface area contributed by atoms with E-state index in [1.54, 1.807) is 30.5 Å². The van der Waals surface area contributed by atoms with Gasteiger partial charge in [0.1, 0.15) is 5.39 Å². The molecule has 7 heteroatoms. The van der Waals surface area contributed by atoms with Gasteiger partial charge in [-0.3, -0.25) is 9.48 Å². The summed E-state index contributed by atoms with van der Waals surface area (Å²) in [5.41, 5.74) is 1.79. The Morgan fingerprint density at radius 3 is 2.73 bits per heavy atom. The van der Waals surface area contributed by atoms with Crippen LogP contribution in [0.15, 0.2) is 41.3 Å². The highest BCUT2D eigenvalue weighted by molar-refractivity contribution is 5.91. The van der Waals surface area contributed by atoms with Crippen LogP contribution in [0, 0.1) is 28.6 Å². The summed E-state index contributed by atoms with van der Waals surface area (Å²) >= 11 is 0. The number of H-pyrrole nitrogens is 1. The summed E-state index contributed by atoms with van der Waals surface area (Å²) in [4.78, 5) is 15.1. The molecule has 2 heterocycles. The smallest absolute Gasteiger partial charge is 0.261 e. The van der Waals surface area contributed by atoms with Crippen LogP contribution in [0.4, 0.5) is 11.5 Å². The maximum absolute atomic E-state index is 12.4. The second-order valence-corrected chi connectivity index (χ2v) is 6.41. The van der Waals surface area contributed by atoms with Gasteiger partial charge in [-0.2, -0.15) is 15.6 Å². The number of aromatic nitrogens is 3. The molecule has 4 rings (SSSR count). The number of fused-ring (bicyclic) bond motifs is 1. The first-order valence-corrected chi connectivity index (χ1v) is 8.48. The Bertz CT molecular complexity index is 1100. The van der Waals surface area contributed by atoms with Crippen LogP contribution < -0.4 is 10.9 Å². The quantitative estimate of drug-likeness (QED) is 0.758. The normalized spacial score (nSPS) is 19.2. The van der Waals surface area contributed by atoms with E-state index in [2.05, 4.69) is 27.5 Å². The molecular formula is C19H16N6O. The van der Waals surface area contributed by atoms with Gasteiger partial charge in [0.15, 0.2) is 5.82 Å². The van der Waals surface area contributed by atoms with Crippen molar-refractivity contribution in [2.45, 2.75) is 25.3 Å². The number of pyridine rings is 1. The van der Waals surface area contributed by atoms with Crippen molar-refractivity contribution in [1.29, 1.82) is 10.5 Å². The fraction of sp³-hybridized carbons (Fsp3) is 0.263. The van der Waals surface area contributed by atoms with E-state index in [1.165, 1.54) is 0 Å². The van der Waals surface area contributed by atoms with Gasteiger partial charge in [0.05, 0.1) is 35.2 Å². The Kier molecular flexibility index (Phi) is 3.91. The molecule has 1 aliphatic rings. The molecule has 2 unspecified atom stereocenters. The van der Waals surface area contributed by atoms with Gasteiger partial charge in [0.2, 0.25) is 0 Å². The summed E-state index contributed by atoms with van der Waals surface area (Å²) in [5.74, 6) is 0.357. The Balaban J connectivity index is 1.81. The molecule has 0 radical (unpaired) electrons. The van der Waals surface area contributed by atoms with Gasteiger partial charge in [0, 0.05) is 11.9 Å². The molecule has 26 heavy (non-hydrogen) atoms. The molecule has 0 saturated heterocycles. The maximum Gasteiger partial charge on any atom is 0.261 e. The number of anilines is 2. The molecule has 1 aliphatic carbocycles. The van der Waals surface area contributed by atoms with Crippen LogP contribution in [-0.2, 0) is 0 Å². The van der Waals surface area contributed by atoms with E-state index >= 15 is 0 Å². The van der Waals surface area contributed by atoms with Crippen LogP contribution in [0.1, 0.15) is 30.9 Å². The van der Waals surface area contributed by atoms with E-state index in [9.17, 15) is 10.1 Å². The zero-order valence-corrected chi connectivity index (χ0v) is 13.9. The first-order valence-electron chi connectivity index (χ1n) is 8.48. The molecule has 1 fully saturated rings. The number of nitrogens with zero attached hydrogens (tertiary/aromatic N) is 4. The lowest BCUT2D eigenvalue weighted by molar-refractivity contribution is 0.423. The van der Waals surface area contributed by atoms with Gasteiger partial charge in [-0.05, 0) is 49.6 Å². The molecule has 0 spiro atoms. The van der Waals surface area contributed by atoms with Crippen molar-refractivity contribution in [2.24, 2.45) is 5.92 Å². The summed E-state index contributed by atoms with van der Waals surface area (Å²) < 4.78 is 1.82. The largest absolute Gasteiger partial charge is 0.338 e. The third-order valence-electron chi connectivity index (χ3n) is 4.87. The van der Waals surface area contributed by atoms with E-state index in [4.69, 9.17) is 5.26 Å². The minimum absolute atomic E-state index is 0.0270. The van der Waals surface area contributed by atoms with Crippen molar-refractivity contribution in [3.63, 3.8) is 0 Å². The standard InChI is InChI=1S/C19H16N6O/c20-10-12-4-6-14(7-5-12)23-18-17-16(8-9-22-19(17)26)25(24-18)15-3-1-2-13(15)11-21/h4-9,13,15H,1-3H2,(H,22,26)(H,23,24). The zero-order valence-electron chi connectivity index (χ0n) is 13.9. The van der Waals surface area contributed by atoms with Crippen molar-refractivity contribution < 1.29 is 0 Å². The molecule has 1 aromatic carbocycles. The summed E-state index contributed by atoms with van der Waals surface area (Å²) in [6.45, 7) is 0. The fourth-order valence-corrected chi connectivity index (χ4v) is 3.59. The van der Waals surface area contributed by atoms with Gasteiger partial charge < -0.3 is 10.3 Å². The summed E-state index contributed by atoms with van der Waals surface area (Å²) in [5, 5.41) is 26.6. The van der Waals surface area contributed by atoms with Crippen molar-refractivity contribution in [2.75, 3.05) is 5.32 Å². The molecule has 0 aliphatic heterocycles. The molecule has 1 saturated carbocycles. The highest BCUT2D eigenvalue weighted by Crippen LogP contribution is 2.37. The lowest BCUT2D eigenvalue weighted by Crippen LogP contribution is -2.14. The van der Waals surface area contributed by atoms with E-state index < -0.39 is 0 Å². The number of rotatable bonds is 3. The number of benzene rings is 1. The van der Waals surface area contributed by atoms with Crippen LogP contribution in [0.2, 0.25) is 0 Å². The first-order chi connectivity index (χ1) is 12.7. The molecular weight excluding hydrogens is 328 g/mol. The Morgan fingerprint density at radius 2 is 2.00 bits per heavy atom. The van der Waals surface area contributed by atoms with Gasteiger partial charge in [-0.25, -0.2) is 0 Å². The molecule has 2 N–H and O–H groups in total. The topological polar surface area (TPSA) is 110 Å². The van der Waals surface area contributed by atoms with Crippen molar-refractivity contribution in [1.82, 2.24) is 14.8 Å². The third kappa shape index (κ3) is 2.60. The van der Waals surface area contributed by atoms with Crippen LogP contribution in [0.25, 0.3) is 10.9 Å². The predicted octanol–water partition coefficient (Wildman–Crippen LogP) is 3.20. The SMILES string of the molecule is N#Cc1ccc(Nc2nn(C3CCCC3C#N)c3cc[nH]c(=O)c23)cc1. The lowest BCUT2D eigenvalue weighted by atomic mass is 10.1. The molecule has 2 atom stereocenters. The number of hydrogen-bond acceptors (Lipinski definition) is 5. The van der Waals surface area contributed by atoms with Gasteiger partial charge in [-0.1, -0.05) is 0 Å². The van der Waals surface area contributed by atoms with Crippen LogP contribution in [0.5, 0.6) is 0 Å². The molecule has 3 aromatic rings. The highest BCUT2D eigenvalue weighted by atomic mass is 16.1. The number of nitriles is 2. The first kappa shape index (κ1) is 15.9. The summed E-state index contributed by atoms with van der Waals surface area (Å²) in [6, 6.07) is 13.2. The van der Waals surface area contributed by atoms with Crippen LogP contribution in [-0.4, -0.2) is 14.8 Å². The highest BCUT2D eigenvalue weighted by Gasteiger charge is 2.31. The predicted molar refractivity (Wildman–Crippen MR) is 96.8 cm³/mol. The average molecular weight is 344 g/mol. The monoisotopic (exact) mass is 344 g/mol. The van der Waals surface area contributed by atoms with Gasteiger partial charge >= 0.3 is 0 Å². The third-order valence-corrected chi connectivity index (χ3v) is 4.87. The minimum Gasteiger partial charge on any atom is -0.338 e. The van der Waals surface area contributed by atoms with Crippen molar-refractivity contribution >= 4 is 22.4 Å². The lowest BCUT2D eigenvalue weighted by Gasteiger charge is -2.15. The molecule has 0 bridgehead atoms. The Labute approximate surface area is 149 Å². The second kappa shape index (κ2) is 6.38. The number of hydrogen-bond donors (Lipinski definition) is 2. The zero-order chi connectivity index (χ0) is 18.1. The van der Waals surface area contributed by atoms with Gasteiger partial charge in [-0.15, -0.1) is 0 Å². The molecule has 128 valence electrons. The fourth-order valence-electron chi connectivity index (χ4n) is 3.59. The molecule has 2 aromatic heterocycles. The van der Waals surface area contributed by atoms with E-state index in [1.807, 2.05) is 10.7 Å². The van der Waals surface area contributed by atoms with E-state index in [-0.39, 0.29) is 17.5 Å². The molecule has 7 nitrogen and oxygen atoms in total. The Morgan fingerprint density at radius 1 is 1.19 bits per heavy atom. The Hall–Kier alpha value is -3.58. The maximum atomic E-state index is 12.4. The summed E-state index contributed by atoms with van der Waals surface area (Å²) in [6.07, 6.45) is 4.30. The van der Waals surface area contributed by atoms with Crippen molar-refractivity contribution in [3.05, 3.63) is 52.4 Å². The molecule has 0 amide bonds. The summed E-state index contributed by atoms with van der Waals surface area (Å²) in [7, 11) is 0. The van der Waals surface area contributed by atoms with Crippen molar-refractivity contribution in [3.8, 4) is 12.1 Å². The number of aromatic amines is 1. The second-order valence-electron chi connectivity index (χ2n) is 6.41. The minimum atomic E-state index is -0.226. The van der Waals surface area contributed by atoms with E-state index in [0.717, 1.165) is 30.5 Å². The van der Waals surface area contributed by atoms with Crippen LogP contribution >= 0.6 is 0 Å². The van der Waals surface area contributed by atoms with Gasteiger partial charge in [0.25, 0.3) is 5.56 Å². The average Bonchev–Trinajstić information content (AvgIpc) is 3.27.